The van der Waals surface area contributed by atoms with Crippen LogP contribution in [0, 0.1) is 6.92 Å². The molecule has 0 fully saturated rings. The third-order valence-corrected chi connectivity index (χ3v) is 5.78. The lowest BCUT2D eigenvalue weighted by atomic mass is 10.1. The van der Waals surface area contributed by atoms with Crippen LogP contribution >= 0.6 is 11.8 Å². The maximum Gasteiger partial charge on any atom is 0.233 e. The molecule has 3 aromatic rings. The largest absolute Gasteiger partial charge is 0.474 e. The molecule has 2 aromatic carbocycles. The van der Waals surface area contributed by atoms with Gasteiger partial charge in [-0.1, -0.05) is 60.2 Å². The van der Waals surface area contributed by atoms with Gasteiger partial charge in [0, 0.05) is 24.2 Å². The van der Waals surface area contributed by atoms with Crippen molar-refractivity contribution in [1.29, 1.82) is 0 Å². The summed E-state index contributed by atoms with van der Waals surface area (Å²) in [6.45, 7) is 3.63. The summed E-state index contributed by atoms with van der Waals surface area (Å²) in [6, 6.07) is 23.6. The van der Waals surface area contributed by atoms with Gasteiger partial charge in [0.1, 0.15) is 12.3 Å². The molecule has 1 unspecified atom stereocenters. The van der Waals surface area contributed by atoms with Gasteiger partial charge in [-0.05, 0) is 30.2 Å². The lowest BCUT2D eigenvalue weighted by Crippen LogP contribution is -2.11. The van der Waals surface area contributed by atoms with Crippen LogP contribution in [0.25, 0.3) is 0 Å². The van der Waals surface area contributed by atoms with Gasteiger partial charge in [-0.15, -0.1) is 0 Å². The summed E-state index contributed by atoms with van der Waals surface area (Å²) in [4.78, 5) is 4.83. The van der Waals surface area contributed by atoms with Crippen molar-refractivity contribution in [3.63, 3.8) is 0 Å². The second-order valence-electron chi connectivity index (χ2n) is 6.91. The molecule has 0 radical (unpaired) electrons. The molecule has 0 spiro atoms. The number of hydrogen-bond donors (Lipinski definition) is 0. The van der Waals surface area contributed by atoms with Crippen molar-refractivity contribution >= 4 is 17.7 Å². The molecule has 4 heteroatoms. The van der Waals surface area contributed by atoms with Gasteiger partial charge < -0.3 is 9.30 Å². The van der Waals surface area contributed by atoms with E-state index in [0.29, 0.717) is 6.61 Å². The number of ether oxygens (including phenoxy) is 1. The van der Waals surface area contributed by atoms with Crippen molar-refractivity contribution in [3.05, 3.63) is 95.3 Å². The topological polar surface area (TPSA) is 26.5 Å². The Hall–Kier alpha value is -2.46. The summed E-state index contributed by atoms with van der Waals surface area (Å²) in [5.74, 6) is 2.78. The van der Waals surface area contributed by atoms with Crippen LogP contribution in [-0.4, -0.2) is 28.9 Å². The monoisotopic (exact) mass is 376 g/mol. The molecule has 27 heavy (non-hydrogen) atoms. The van der Waals surface area contributed by atoms with Crippen LogP contribution in [0.4, 0.5) is 0 Å². The van der Waals surface area contributed by atoms with Gasteiger partial charge in [0.05, 0.1) is 6.04 Å². The molecule has 1 aliphatic rings. The predicted octanol–water partition coefficient (Wildman–Crippen LogP) is 4.92. The lowest BCUT2D eigenvalue weighted by Gasteiger charge is -2.09. The van der Waals surface area contributed by atoms with E-state index in [0.717, 1.165) is 29.6 Å². The van der Waals surface area contributed by atoms with E-state index in [4.69, 9.17) is 9.73 Å². The van der Waals surface area contributed by atoms with Gasteiger partial charge in [0.25, 0.3) is 0 Å². The fourth-order valence-electron chi connectivity index (χ4n) is 3.28. The zero-order valence-electron chi connectivity index (χ0n) is 15.5. The molecule has 0 N–H and O–H groups in total. The zero-order chi connectivity index (χ0) is 18.5. The van der Waals surface area contributed by atoms with Gasteiger partial charge in [-0.25, -0.2) is 4.99 Å². The number of nitrogens with zero attached hydrogens (tertiary/aromatic N) is 2. The van der Waals surface area contributed by atoms with Crippen LogP contribution in [0.1, 0.15) is 22.4 Å². The van der Waals surface area contributed by atoms with Crippen molar-refractivity contribution in [2.24, 2.45) is 4.99 Å². The molecule has 4 rings (SSSR count). The number of benzene rings is 2. The van der Waals surface area contributed by atoms with E-state index in [1.54, 1.807) is 0 Å². The molecule has 1 aliphatic heterocycles. The average Bonchev–Trinajstić information content (AvgIpc) is 3.32. The highest BCUT2D eigenvalue weighted by molar-refractivity contribution is 7.98. The van der Waals surface area contributed by atoms with Crippen LogP contribution < -0.4 is 0 Å². The molecule has 1 atom stereocenters. The molecule has 1 aromatic heterocycles. The third kappa shape index (κ3) is 4.64. The normalized spacial score (nSPS) is 16.2. The number of rotatable bonds is 7. The minimum Gasteiger partial charge on any atom is -0.474 e. The SMILES string of the molecule is Cc1cccc(Cn2cccc2C2=NC(CSCc3ccccc3)CO2)c1. The Morgan fingerprint density at radius 1 is 1.04 bits per heavy atom. The van der Waals surface area contributed by atoms with Gasteiger partial charge >= 0.3 is 0 Å². The van der Waals surface area contributed by atoms with Gasteiger partial charge in [-0.3, -0.25) is 0 Å². The molecular weight excluding hydrogens is 352 g/mol. The van der Waals surface area contributed by atoms with E-state index >= 15 is 0 Å². The molecule has 138 valence electrons. The molecule has 0 bridgehead atoms. The first kappa shape index (κ1) is 17.9. The zero-order valence-corrected chi connectivity index (χ0v) is 16.4. The molecule has 0 amide bonds. The Balaban J connectivity index is 1.38. The number of thioether (sulfide) groups is 1. The Kier molecular flexibility index (Phi) is 5.64. The fourth-order valence-corrected chi connectivity index (χ4v) is 4.27. The number of aryl methyl sites for hydroxylation is 1. The first-order valence-corrected chi connectivity index (χ1v) is 10.5. The van der Waals surface area contributed by atoms with Crippen LogP contribution in [0.5, 0.6) is 0 Å². The maximum absolute atomic E-state index is 5.93. The van der Waals surface area contributed by atoms with E-state index in [9.17, 15) is 0 Å². The number of aromatic nitrogens is 1. The minimum atomic E-state index is 0.232. The van der Waals surface area contributed by atoms with Crippen molar-refractivity contribution in [2.75, 3.05) is 12.4 Å². The first-order valence-electron chi connectivity index (χ1n) is 9.31. The maximum atomic E-state index is 5.93. The standard InChI is InChI=1S/C23H24N2OS/c1-18-7-5-10-20(13-18)14-25-12-6-11-22(25)23-24-21(15-26-23)17-27-16-19-8-3-2-4-9-19/h2-13,21H,14-17H2,1H3. The summed E-state index contributed by atoms with van der Waals surface area (Å²) in [6.07, 6.45) is 2.10. The minimum absolute atomic E-state index is 0.232. The van der Waals surface area contributed by atoms with Crippen LogP contribution in [0.2, 0.25) is 0 Å². The third-order valence-electron chi connectivity index (χ3n) is 4.62. The van der Waals surface area contributed by atoms with Gasteiger partial charge in [0.15, 0.2) is 0 Å². The smallest absolute Gasteiger partial charge is 0.233 e. The molecule has 3 nitrogen and oxygen atoms in total. The van der Waals surface area contributed by atoms with Gasteiger partial charge in [0.2, 0.25) is 5.90 Å². The van der Waals surface area contributed by atoms with Crippen LogP contribution in [0.15, 0.2) is 77.9 Å². The molecule has 2 heterocycles. The first-order chi connectivity index (χ1) is 13.3. The number of aliphatic imine (C=N–C) groups is 1. The number of hydrogen-bond acceptors (Lipinski definition) is 3. The van der Waals surface area contributed by atoms with E-state index in [2.05, 4.69) is 84.4 Å². The summed E-state index contributed by atoms with van der Waals surface area (Å²) < 4.78 is 8.15. The fraction of sp³-hybridized carbons (Fsp3) is 0.261. The Labute approximate surface area is 165 Å². The highest BCUT2D eigenvalue weighted by atomic mass is 32.2. The summed E-state index contributed by atoms with van der Waals surface area (Å²) in [7, 11) is 0. The van der Waals surface area contributed by atoms with Crippen LogP contribution in [-0.2, 0) is 17.0 Å². The highest BCUT2D eigenvalue weighted by Gasteiger charge is 2.22. The van der Waals surface area contributed by atoms with Crippen molar-refractivity contribution < 1.29 is 4.74 Å². The van der Waals surface area contributed by atoms with Crippen molar-refractivity contribution in [3.8, 4) is 0 Å². The highest BCUT2D eigenvalue weighted by Crippen LogP contribution is 2.20. The quantitative estimate of drug-likeness (QED) is 0.585. The Bertz CT molecular complexity index is 917. The molecular formula is C23H24N2OS. The Morgan fingerprint density at radius 3 is 2.74 bits per heavy atom. The van der Waals surface area contributed by atoms with Crippen LogP contribution in [0.3, 0.4) is 0 Å². The Morgan fingerprint density at radius 2 is 1.89 bits per heavy atom. The predicted molar refractivity (Wildman–Crippen MR) is 114 cm³/mol. The summed E-state index contributed by atoms with van der Waals surface area (Å²) >= 11 is 1.92. The molecule has 0 saturated heterocycles. The second kappa shape index (κ2) is 8.49. The van der Waals surface area contributed by atoms with Crippen molar-refractivity contribution in [2.45, 2.75) is 25.3 Å². The average molecular weight is 377 g/mol. The van der Waals surface area contributed by atoms with E-state index in [-0.39, 0.29) is 6.04 Å². The van der Waals surface area contributed by atoms with E-state index in [1.807, 2.05) is 11.8 Å². The van der Waals surface area contributed by atoms with Crippen molar-refractivity contribution in [1.82, 2.24) is 4.57 Å². The molecule has 0 aliphatic carbocycles. The summed E-state index contributed by atoms with van der Waals surface area (Å²) in [5.41, 5.74) is 5.00. The van der Waals surface area contributed by atoms with E-state index < -0.39 is 0 Å². The lowest BCUT2D eigenvalue weighted by molar-refractivity contribution is 0.323. The summed E-state index contributed by atoms with van der Waals surface area (Å²) in [5, 5.41) is 0. The van der Waals surface area contributed by atoms with Gasteiger partial charge in [-0.2, -0.15) is 11.8 Å². The van der Waals surface area contributed by atoms with E-state index in [1.165, 1.54) is 16.7 Å². The second-order valence-corrected chi connectivity index (χ2v) is 7.94. The molecule has 0 saturated carbocycles.